The van der Waals surface area contributed by atoms with E-state index in [1.54, 1.807) is 0 Å². The van der Waals surface area contributed by atoms with Gasteiger partial charge in [0.25, 0.3) is 0 Å². The third-order valence-corrected chi connectivity index (χ3v) is 3.17. The van der Waals surface area contributed by atoms with Crippen LogP contribution in [0.4, 0.5) is 5.82 Å². The minimum Gasteiger partial charge on any atom is -0.384 e. The Hall–Kier alpha value is -0.990. The van der Waals surface area contributed by atoms with Gasteiger partial charge in [-0.25, -0.2) is 4.68 Å². The molecule has 1 unspecified atom stereocenters. The molecule has 0 aromatic carbocycles. The molecule has 0 spiro atoms. The summed E-state index contributed by atoms with van der Waals surface area (Å²) in [5.74, 6) is 1.63. The SMILES string of the molecule is CC1CCc2nn(C(C)(C)C)c(N)c2C1. The zero-order valence-corrected chi connectivity index (χ0v) is 10.2. The largest absolute Gasteiger partial charge is 0.384 e. The molecular weight excluding hydrogens is 186 g/mol. The number of hydrogen-bond acceptors (Lipinski definition) is 2. The quantitative estimate of drug-likeness (QED) is 0.709. The summed E-state index contributed by atoms with van der Waals surface area (Å²) < 4.78 is 1.98. The fourth-order valence-electron chi connectivity index (χ4n) is 2.28. The van der Waals surface area contributed by atoms with Gasteiger partial charge in [-0.2, -0.15) is 5.10 Å². The molecule has 1 aliphatic carbocycles. The van der Waals surface area contributed by atoms with E-state index in [9.17, 15) is 0 Å². The van der Waals surface area contributed by atoms with E-state index < -0.39 is 0 Å². The maximum absolute atomic E-state index is 6.17. The molecule has 1 heterocycles. The summed E-state index contributed by atoms with van der Waals surface area (Å²) in [5.41, 5.74) is 8.68. The van der Waals surface area contributed by atoms with Gasteiger partial charge in [-0.3, -0.25) is 0 Å². The lowest BCUT2D eigenvalue weighted by Gasteiger charge is -2.21. The van der Waals surface area contributed by atoms with Crippen molar-refractivity contribution in [2.75, 3.05) is 5.73 Å². The highest BCUT2D eigenvalue weighted by Gasteiger charge is 2.26. The Morgan fingerprint density at radius 1 is 1.40 bits per heavy atom. The van der Waals surface area contributed by atoms with Crippen LogP contribution in [0.3, 0.4) is 0 Å². The first-order valence-electron chi connectivity index (χ1n) is 5.76. The van der Waals surface area contributed by atoms with Crippen molar-refractivity contribution in [3.63, 3.8) is 0 Å². The molecule has 0 saturated carbocycles. The van der Waals surface area contributed by atoms with Crippen LogP contribution in [0.15, 0.2) is 0 Å². The molecule has 1 aromatic heterocycles. The van der Waals surface area contributed by atoms with Crippen molar-refractivity contribution in [1.29, 1.82) is 0 Å². The van der Waals surface area contributed by atoms with Gasteiger partial charge in [0.1, 0.15) is 5.82 Å². The average molecular weight is 207 g/mol. The first-order valence-corrected chi connectivity index (χ1v) is 5.76. The summed E-state index contributed by atoms with van der Waals surface area (Å²) >= 11 is 0. The molecule has 0 saturated heterocycles. The zero-order chi connectivity index (χ0) is 11.2. The highest BCUT2D eigenvalue weighted by molar-refractivity contribution is 5.45. The summed E-state index contributed by atoms with van der Waals surface area (Å²) in [7, 11) is 0. The van der Waals surface area contributed by atoms with Crippen LogP contribution in [0.1, 0.15) is 45.4 Å². The summed E-state index contributed by atoms with van der Waals surface area (Å²) in [6.07, 6.45) is 3.43. The number of hydrogen-bond donors (Lipinski definition) is 1. The molecule has 0 radical (unpaired) electrons. The monoisotopic (exact) mass is 207 g/mol. The van der Waals surface area contributed by atoms with Gasteiger partial charge in [0.2, 0.25) is 0 Å². The summed E-state index contributed by atoms with van der Waals surface area (Å²) in [6, 6.07) is 0. The lowest BCUT2D eigenvalue weighted by atomic mass is 9.89. The minimum absolute atomic E-state index is 0.00926. The van der Waals surface area contributed by atoms with Crippen molar-refractivity contribution in [3.05, 3.63) is 11.3 Å². The standard InChI is InChI=1S/C12H21N3/c1-8-5-6-10-9(7-8)11(13)15(14-10)12(2,3)4/h8H,5-7,13H2,1-4H3. The minimum atomic E-state index is -0.00926. The van der Waals surface area contributed by atoms with Crippen LogP contribution >= 0.6 is 0 Å². The van der Waals surface area contributed by atoms with Gasteiger partial charge in [-0.1, -0.05) is 6.92 Å². The average Bonchev–Trinajstić information content (AvgIpc) is 2.43. The Bertz CT molecular complexity index is 371. The second-order valence-electron chi connectivity index (χ2n) is 5.74. The van der Waals surface area contributed by atoms with Gasteiger partial charge in [-0.15, -0.1) is 0 Å². The Kier molecular flexibility index (Phi) is 2.28. The van der Waals surface area contributed by atoms with Crippen molar-refractivity contribution < 1.29 is 0 Å². The van der Waals surface area contributed by atoms with Crippen LogP contribution < -0.4 is 5.73 Å². The van der Waals surface area contributed by atoms with Gasteiger partial charge < -0.3 is 5.73 Å². The van der Waals surface area contributed by atoms with Gasteiger partial charge in [0.05, 0.1) is 11.2 Å². The van der Waals surface area contributed by atoms with E-state index in [4.69, 9.17) is 5.73 Å². The molecule has 84 valence electrons. The van der Waals surface area contributed by atoms with Crippen LogP contribution in [0.5, 0.6) is 0 Å². The van der Waals surface area contributed by atoms with Crippen LogP contribution in [-0.4, -0.2) is 9.78 Å². The molecule has 2 N–H and O–H groups in total. The summed E-state index contributed by atoms with van der Waals surface area (Å²) in [4.78, 5) is 0. The number of nitrogen functional groups attached to an aromatic ring is 1. The van der Waals surface area contributed by atoms with Crippen LogP contribution in [0.2, 0.25) is 0 Å². The van der Waals surface area contributed by atoms with E-state index in [0.717, 1.165) is 24.6 Å². The molecule has 0 fully saturated rings. The van der Waals surface area contributed by atoms with Gasteiger partial charge in [0, 0.05) is 5.56 Å². The topological polar surface area (TPSA) is 43.8 Å². The lowest BCUT2D eigenvalue weighted by molar-refractivity contribution is 0.358. The number of fused-ring (bicyclic) bond motifs is 1. The third kappa shape index (κ3) is 1.75. The number of nitrogens with zero attached hydrogens (tertiary/aromatic N) is 2. The maximum Gasteiger partial charge on any atom is 0.125 e. The van der Waals surface area contributed by atoms with E-state index in [0.29, 0.717) is 0 Å². The van der Waals surface area contributed by atoms with Crippen LogP contribution in [-0.2, 0) is 18.4 Å². The predicted molar refractivity (Wildman–Crippen MR) is 62.8 cm³/mol. The van der Waals surface area contributed by atoms with Crippen LogP contribution in [0.25, 0.3) is 0 Å². The van der Waals surface area contributed by atoms with Crippen molar-refractivity contribution in [1.82, 2.24) is 9.78 Å². The first-order chi connectivity index (χ1) is 6.89. The Morgan fingerprint density at radius 3 is 2.67 bits per heavy atom. The number of anilines is 1. The second kappa shape index (κ2) is 3.26. The fourth-order valence-corrected chi connectivity index (χ4v) is 2.28. The molecule has 0 aliphatic heterocycles. The predicted octanol–water partition coefficient (Wildman–Crippen LogP) is 2.35. The van der Waals surface area contributed by atoms with E-state index in [1.807, 2.05) is 4.68 Å². The van der Waals surface area contributed by atoms with Crippen molar-refractivity contribution in [2.24, 2.45) is 5.92 Å². The zero-order valence-electron chi connectivity index (χ0n) is 10.2. The molecule has 15 heavy (non-hydrogen) atoms. The third-order valence-electron chi connectivity index (χ3n) is 3.17. The maximum atomic E-state index is 6.17. The number of nitrogens with two attached hydrogens (primary N) is 1. The Balaban J connectivity index is 2.46. The lowest BCUT2D eigenvalue weighted by Crippen LogP contribution is -2.25. The second-order valence-corrected chi connectivity index (χ2v) is 5.74. The normalized spacial score (nSPS) is 21.5. The molecule has 3 nitrogen and oxygen atoms in total. The van der Waals surface area contributed by atoms with Gasteiger partial charge >= 0.3 is 0 Å². The number of aryl methyl sites for hydroxylation is 1. The summed E-state index contributed by atoms with van der Waals surface area (Å²) in [6.45, 7) is 8.72. The Morgan fingerprint density at radius 2 is 2.07 bits per heavy atom. The molecule has 0 bridgehead atoms. The number of rotatable bonds is 0. The first kappa shape index (κ1) is 10.5. The van der Waals surface area contributed by atoms with E-state index in [1.165, 1.54) is 17.7 Å². The molecule has 3 heteroatoms. The molecule has 2 rings (SSSR count). The highest BCUT2D eigenvalue weighted by Crippen LogP contribution is 2.31. The highest BCUT2D eigenvalue weighted by atomic mass is 15.3. The van der Waals surface area contributed by atoms with Crippen molar-refractivity contribution in [3.8, 4) is 0 Å². The van der Waals surface area contributed by atoms with E-state index >= 15 is 0 Å². The molecule has 0 amide bonds. The van der Waals surface area contributed by atoms with E-state index in [-0.39, 0.29) is 5.54 Å². The summed E-state index contributed by atoms with van der Waals surface area (Å²) in [5, 5.41) is 4.65. The molecule has 1 aliphatic rings. The molecule has 1 atom stereocenters. The van der Waals surface area contributed by atoms with Gasteiger partial charge in [0.15, 0.2) is 0 Å². The Labute approximate surface area is 91.7 Å². The van der Waals surface area contributed by atoms with Crippen LogP contribution in [0, 0.1) is 5.92 Å². The van der Waals surface area contributed by atoms with E-state index in [2.05, 4.69) is 32.8 Å². The fraction of sp³-hybridized carbons (Fsp3) is 0.750. The van der Waals surface area contributed by atoms with Crippen molar-refractivity contribution >= 4 is 5.82 Å². The smallest absolute Gasteiger partial charge is 0.125 e. The molecule has 1 aromatic rings. The van der Waals surface area contributed by atoms with Crippen molar-refractivity contribution in [2.45, 2.75) is 52.5 Å². The molecular formula is C12H21N3. The number of aromatic nitrogens is 2. The van der Waals surface area contributed by atoms with Gasteiger partial charge in [-0.05, 0) is 46.0 Å².